The number of H-pyrrole nitrogens is 3. The number of hydrogen-bond acceptors (Lipinski definition) is 33. The summed E-state index contributed by atoms with van der Waals surface area (Å²) in [6.45, 7) is 14.5. The maximum atomic E-state index is 14.4. The number of aromatic nitrogens is 9. The van der Waals surface area contributed by atoms with Crippen LogP contribution in [-0.2, 0) is 70.1 Å². The number of nitrogen functional groups attached to an aromatic ring is 3. The van der Waals surface area contributed by atoms with Crippen LogP contribution in [0.1, 0.15) is 102 Å². The minimum absolute atomic E-state index is 0.0138. The molecule has 15 N–H and O–H groups in total. The van der Waals surface area contributed by atoms with E-state index in [1.165, 1.54) is 92.0 Å². The van der Waals surface area contributed by atoms with Crippen molar-refractivity contribution in [2.75, 3.05) is 55.7 Å². The van der Waals surface area contributed by atoms with Crippen LogP contribution in [0.4, 0.5) is 31.0 Å². The number of alkyl halides is 3. The van der Waals surface area contributed by atoms with Gasteiger partial charge in [0, 0.05) is 18.6 Å². The Kier molecular flexibility index (Phi) is 30.3. The molecule has 0 radical (unpaired) electrons. The number of ether oxygens (including phenoxy) is 6. The summed E-state index contributed by atoms with van der Waals surface area (Å²) in [4.78, 5) is 93.5. The largest absolute Gasteiger partial charge is 0.463 e. The first kappa shape index (κ1) is 95.4. The van der Waals surface area contributed by atoms with Crippen LogP contribution in [0.15, 0.2) is 142 Å². The summed E-state index contributed by atoms with van der Waals surface area (Å²) in [5, 5.41) is 67.1. The summed E-state index contributed by atoms with van der Waals surface area (Å²) in [6.07, 6.45) is -16.7. The first-order valence-electron chi connectivity index (χ1n) is 39.0. The molecule has 123 heavy (non-hydrogen) atoms. The van der Waals surface area contributed by atoms with Gasteiger partial charge < -0.3 is 104 Å². The van der Waals surface area contributed by atoms with Crippen molar-refractivity contribution in [2.45, 2.75) is 192 Å². The van der Waals surface area contributed by atoms with E-state index in [9.17, 15) is 86.3 Å². The first-order chi connectivity index (χ1) is 57.8. The Morgan fingerprint density at radius 3 is 0.862 bits per heavy atom. The molecule has 3 saturated heterocycles. The van der Waals surface area contributed by atoms with Gasteiger partial charge in [0.05, 0.1) is 89.0 Å². The number of nitrogens with zero attached hydrogens (tertiary/aromatic N) is 6. The second kappa shape index (κ2) is 39.1. The normalized spacial score (nSPS) is 25.6. The zero-order valence-electron chi connectivity index (χ0n) is 68.9. The molecule has 3 aliphatic heterocycles. The topological polar surface area (TPSA) is 565 Å². The van der Waals surface area contributed by atoms with E-state index in [2.05, 4.69) is 29.9 Å². The number of carbonyl (C=O) groups is 3. The van der Waals surface area contributed by atoms with Crippen molar-refractivity contribution in [1.29, 1.82) is 0 Å². The molecular formula is C78H102F3N12O27P3. The predicted molar refractivity (Wildman–Crippen MR) is 438 cm³/mol. The molecule has 4 unspecified atom stereocenters. The highest BCUT2D eigenvalue weighted by molar-refractivity contribution is 7.55. The standard InChI is InChI=1S/3C26H34FN4O9P/c3*1-14(2)37-23(34)15(3)12-41(36,40-17-8-6-5-7-9-17)39-16(4)19-20(32)26(35,13-27)24(38-19)31-11-10-18-21(31)29-25(28)30-22(18)33/h3*5-11,14-16,19-20,24,32,35H,12-13H2,1-4H3,(H3,28,29,30,33)/t15-,16+,19-,20+,24-,26?,41?;15-,16+,19-,20+,24-,26?,41+;15-,16+,19-,20+,24-,26?,41-/m111/s1. The van der Waals surface area contributed by atoms with E-state index in [4.69, 9.17) is 72.8 Å². The smallest absolute Gasteiger partial charge is 0.380 e. The number of nitrogens with one attached hydrogen (secondary N) is 3. The van der Waals surface area contributed by atoms with E-state index in [1.54, 1.807) is 133 Å². The Morgan fingerprint density at radius 1 is 0.423 bits per heavy atom. The van der Waals surface area contributed by atoms with Crippen molar-refractivity contribution in [3.8, 4) is 17.2 Å². The second-order valence-corrected chi connectivity index (χ2v) is 36.9. The first-order valence-corrected chi connectivity index (χ1v) is 44.1. The number of nitrogens with two attached hydrogens (primary N) is 3. The molecular weight excluding hydrogens is 1690 g/mol. The molecule has 12 rings (SSSR count). The summed E-state index contributed by atoms with van der Waals surface area (Å²) < 4.78 is 157. The van der Waals surface area contributed by atoms with Gasteiger partial charge in [0.15, 0.2) is 52.4 Å². The summed E-state index contributed by atoms with van der Waals surface area (Å²) >= 11 is 0. The highest BCUT2D eigenvalue weighted by Crippen LogP contribution is 2.57. The summed E-state index contributed by atoms with van der Waals surface area (Å²) in [7, 11) is -12.5. The number of esters is 3. The highest BCUT2D eigenvalue weighted by atomic mass is 31.2. The number of aliphatic hydroxyl groups excluding tert-OH is 3. The number of fused-ring (bicyclic) bond motifs is 3. The SMILES string of the molecule is CC(C)OC(=O)[C@H](C)CP(=O)(Oc1ccccc1)O[C@@H](C)[C@H]1O[C@@H](n2ccc3c(=O)[nH]c(N)nc32)C(O)(CF)[C@H]1O.CC(C)OC(=O)[C@H](C)C[P@@](=O)(Oc1ccccc1)O[C@@H](C)[C@H]1O[C@@H](n2ccc3c(=O)[nH]c(N)nc32)C(O)(CF)[C@H]1O.CC(C)OC(=O)[C@H](C)C[P@](=O)(Oc1ccccc1)O[C@@H](C)[C@H]1O[C@@H](n2ccc3c(=O)[nH]c(N)nc32)C(O)(CF)[C@H]1O. The van der Waals surface area contributed by atoms with E-state index in [0.717, 1.165) is 0 Å². The Bertz CT molecular complexity index is 4970. The molecule has 45 heteroatoms. The number of anilines is 3. The molecule has 3 aromatic carbocycles. The van der Waals surface area contributed by atoms with Gasteiger partial charge in [0.2, 0.25) is 17.8 Å². The molecule has 9 aromatic rings. The number of rotatable bonds is 33. The fourth-order valence-corrected chi connectivity index (χ4v) is 20.2. The van der Waals surface area contributed by atoms with Crippen LogP contribution >= 0.6 is 22.8 Å². The average molecular weight is 1790 g/mol. The Balaban J connectivity index is 0.000000193. The van der Waals surface area contributed by atoms with Gasteiger partial charge in [-0.05, 0) is 117 Å². The van der Waals surface area contributed by atoms with Crippen LogP contribution in [-0.4, -0.2) is 221 Å². The highest BCUT2D eigenvalue weighted by Gasteiger charge is 2.62. The van der Waals surface area contributed by atoms with Crippen molar-refractivity contribution < 1.29 is 127 Å². The number of halogens is 3. The van der Waals surface area contributed by atoms with Crippen LogP contribution in [0.25, 0.3) is 33.1 Å². The summed E-state index contributed by atoms with van der Waals surface area (Å²) in [5.41, 5.74) is 7.75. The van der Waals surface area contributed by atoms with Crippen molar-refractivity contribution in [1.82, 2.24) is 43.6 Å². The molecule has 0 bridgehead atoms. The molecule has 3 aliphatic rings. The second-order valence-electron chi connectivity index (χ2n) is 31.0. The van der Waals surface area contributed by atoms with Gasteiger partial charge >= 0.3 is 40.7 Å². The Morgan fingerprint density at radius 2 is 0.650 bits per heavy atom. The van der Waals surface area contributed by atoms with E-state index in [0.29, 0.717) is 0 Å². The summed E-state index contributed by atoms with van der Waals surface area (Å²) in [6, 6.07) is 28.5. The Hall–Kier alpha value is -9.87. The lowest BCUT2D eigenvalue weighted by atomic mass is 9.93. The minimum atomic E-state index is -4.16. The Labute approximate surface area is 701 Å². The van der Waals surface area contributed by atoms with Crippen molar-refractivity contribution in [3.63, 3.8) is 0 Å². The molecule has 9 heterocycles. The van der Waals surface area contributed by atoms with Crippen LogP contribution in [0.5, 0.6) is 17.2 Å². The van der Waals surface area contributed by atoms with Gasteiger partial charge in [-0.2, -0.15) is 15.0 Å². The number of carbonyl (C=O) groups excluding carboxylic acids is 3. The van der Waals surface area contributed by atoms with Crippen molar-refractivity contribution >= 4 is 91.6 Å². The maximum Gasteiger partial charge on any atom is 0.380 e. The van der Waals surface area contributed by atoms with E-state index < -0.39 is 204 Å². The van der Waals surface area contributed by atoms with Gasteiger partial charge in [-0.15, -0.1) is 0 Å². The van der Waals surface area contributed by atoms with Crippen LogP contribution in [0, 0.1) is 17.8 Å². The lowest BCUT2D eigenvalue weighted by Gasteiger charge is -2.30. The molecule has 672 valence electrons. The third-order valence-corrected chi connectivity index (χ3v) is 26.3. The van der Waals surface area contributed by atoms with Gasteiger partial charge in [0.25, 0.3) is 16.7 Å². The number of aromatic amines is 3. The third-order valence-electron chi connectivity index (χ3n) is 19.9. The number of aliphatic hydroxyl groups is 6. The monoisotopic (exact) mass is 1790 g/mol. The maximum absolute atomic E-state index is 14.4. The molecule has 0 saturated carbocycles. The van der Waals surface area contributed by atoms with Gasteiger partial charge in [-0.1, -0.05) is 75.4 Å². The predicted octanol–water partition coefficient (Wildman–Crippen LogP) is 7.59. The molecule has 0 aliphatic carbocycles. The van der Waals surface area contributed by atoms with E-state index in [-0.39, 0.29) is 86.7 Å². The van der Waals surface area contributed by atoms with Crippen LogP contribution in [0.2, 0.25) is 0 Å². The molecule has 21 atom stereocenters. The molecule has 39 nitrogen and oxygen atoms in total. The average Bonchev–Trinajstić information content (AvgIpc) is 1.59. The third kappa shape index (κ3) is 21.6. The molecule has 0 amide bonds. The van der Waals surface area contributed by atoms with Gasteiger partial charge in [-0.25, -0.2) is 26.9 Å². The number of hydrogen-bond donors (Lipinski definition) is 12. The summed E-state index contributed by atoms with van der Waals surface area (Å²) in [5.74, 6) is -4.59. The minimum Gasteiger partial charge on any atom is -0.463 e. The molecule has 3 fully saturated rings. The molecule has 0 spiro atoms. The molecule has 6 aromatic heterocycles. The quantitative estimate of drug-likeness (QED) is 0.0107. The lowest BCUT2D eigenvalue weighted by molar-refractivity contribution is -0.152. The lowest BCUT2D eigenvalue weighted by Crippen LogP contribution is -2.50. The van der Waals surface area contributed by atoms with Gasteiger partial charge in [-0.3, -0.25) is 57.3 Å². The van der Waals surface area contributed by atoms with Crippen LogP contribution < -0.4 is 47.5 Å². The van der Waals surface area contributed by atoms with Crippen LogP contribution in [0.3, 0.4) is 0 Å². The zero-order valence-corrected chi connectivity index (χ0v) is 71.6. The van der Waals surface area contributed by atoms with Crippen molar-refractivity contribution in [2.24, 2.45) is 17.8 Å². The van der Waals surface area contributed by atoms with E-state index in [1.807, 2.05) is 0 Å². The fourth-order valence-electron chi connectivity index (χ4n) is 14.0. The fraction of sp³-hybridized carbons (Fsp3) is 0.500. The number of benzene rings is 3. The van der Waals surface area contributed by atoms with E-state index >= 15 is 0 Å². The number of para-hydroxylation sites is 3. The van der Waals surface area contributed by atoms with Gasteiger partial charge in [0.1, 0.15) is 73.9 Å². The zero-order chi connectivity index (χ0) is 90.3. The van der Waals surface area contributed by atoms with Crippen molar-refractivity contribution in [3.05, 3.63) is 159 Å².